The van der Waals surface area contributed by atoms with Crippen LogP contribution in [0.15, 0.2) is 35.0 Å². The van der Waals surface area contributed by atoms with Gasteiger partial charge in [-0.1, -0.05) is 26.0 Å². The third kappa shape index (κ3) is 6.19. The molecule has 206 valence electrons. The number of hydrogen-bond acceptors (Lipinski definition) is 7. The third-order valence-corrected chi connectivity index (χ3v) is 7.78. The lowest BCUT2D eigenvalue weighted by molar-refractivity contribution is -0.132. The molecule has 2 aliphatic heterocycles. The van der Waals surface area contributed by atoms with Gasteiger partial charge in [0.15, 0.2) is 0 Å². The number of fused-ring (bicyclic) bond motifs is 1. The van der Waals surface area contributed by atoms with Crippen LogP contribution in [0.3, 0.4) is 0 Å². The van der Waals surface area contributed by atoms with Crippen LogP contribution in [-0.2, 0) is 27.3 Å². The summed E-state index contributed by atoms with van der Waals surface area (Å²) < 4.78 is 0. The number of nitrogens with one attached hydrogen (secondary N) is 2. The fourth-order valence-electron chi connectivity index (χ4n) is 5.09. The van der Waals surface area contributed by atoms with Gasteiger partial charge in [-0.15, -0.1) is 0 Å². The highest BCUT2D eigenvalue weighted by atomic mass is 32.1. The molecule has 1 aromatic carbocycles. The van der Waals surface area contributed by atoms with E-state index in [0.717, 1.165) is 28.9 Å². The zero-order valence-corrected chi connectivity index (χ0v) is 23.4. The first kappa shape index (κ1) is 28.1. The minimum absolute atomic E-state index is 0.0777. The summed E-state index contributed by atoms with van der Waals surface area (Å²) in [5.41, 5.74) is 8.42. The number of aliphatic hydroxyl groups is 1. The number of amides is 3. The van der Waals surface area contributed by atoms with E-state index in [9.17, 15) is 19.5 Å². The van der Waals surface area contributed by atoms with Gasteiger partial charge >= 0.3 is 0 Å². The van der Waals surface area contributed by atoms with Gasteiger partial charge in [-0.25, -0.2) is 0 Å². The molecule has 9 nitrogen and oxygen atoms in total. The van der Waals surface area contributed by atoms with Gasteiger partial charge in [0.2, 0.25) is 17.7 Å². The number of carbonyl (C=O) groups excluding carboxylic acids is 3. The minimum atomic E-state index is -1.13. The molecule has 1 aromatic heterocycles. The summed E-state index contributed by atoms with van der Waals surface area (Å²) in [7, 11) is 0. The van der Waals surface area contributed by atoms with Crippen molar-refractivity contribution >= 4 is 40.4 Å². The monoisotopic (exact) mass is 541 g/mol. The van der Waals surface area contributed by atoms with Crippen molar-refractivity contribution in [3.05, 3.63) is 46.2 Å². The Kier molecular flexibility index (Phi) is 8.44. The summed E-state index contributed by atoms with van der Waals surface area (Å²) >= 11 is 1.58. The van der Waals surface area contributed by atoms with Gasteiger partial charge < -0.3 is 31.3 Å². The lowest BCUT2D eigenvalue weighted by Crippen LogP contribution is -2.61. The molecule has 0 saturated carbocycles. The molecule has 2 aromatic rings. The summed E-state index contributed by atoms with van der Waals surface area (Å²) in [5.74, 6) is -0.537. The highest BCUT2D eigenvalue weighted by Crippen LogP contribution is 2.41. The molecule has 2 aliphatic rings. The van der Waals surface area contributed by atoms with Gasteiger partial charge in [0.05, 0.1) is 23.0 Å². The Hall–Kier alpha value is -2.95. The number of aliphatic hydroxyl groups excluding tert-OH is 1. The molecule has 3 atom stereocenters. The van der Waals surface area contributed by atoms with Crippen molar-refractivity contribution in [2.24, 2.45) is 11.7 Å². The topological polar surface area (TPSA) is 128 Å². The maximum absolute atomic E-state index is 13.5. The van der Waals surface area contributed by atoms with E-state index in [-0.39, 0.29) is 17.7 Å². The first-order valence-electron chi connectivity index (χ1n) is 13.2. The van der Waals surface area contributed by atoms with E-state index in [1.165, 1.54) is 0 Å². The second-order valence-corrected chi connectivity index (χ2v) is 12.1. The summed E-state index contributed by atoms with van der Waals surface area (Å²) in [4.78, 5) is 42.4. The molecule has 4 rings (SSSR count). The Morgan fingerprint density at radius 2 is 2.03 bits per heavy atom. The Labute approximate surface area is 228 Å². The first-order chi connectivity index (χ1) is 18.0. The SMILES string of the molecule is CC(C)C[C@@H](NC(=O)C(C)(C)N)C(=O)NC1Cc2cccc(N3CCCC3=O)c2N(Cc2ccsc2)C1O. The van der Waals surface area contributed by atoms with Gasteiger partial charge in [0, 0.05) is 19.5 Å². The average Bonchev–Trinajstić information content (AvgIpc) is 3.51. The fraction of sp³-hybridized carbons (Fsp3) is 0.536. The number of rotatable bonds is 9. The van der Waals surface area contributed by atoms with Gasteiger partial charge in [-0.3, -0.25) is 14.4 Å². The van der Waals surface area contributed by atoms with E-state index in [0.29, 0.717) is 32.4 Å². The number of para-hydroxylation sites is 1. The van der Waals surface area contributed by atoms with Crippen LogP contribution in [-0.4, -0.2) is 53.2 Å². The van der Waals surface area contributed by atoms with E-state index in [2.05, 4.69) is 10.6 Å². The van der Waals surface area contributed by atoms with E-state index in [4.69, 9.17) is 5.73 Å². The largest absolute Gasteiger partial charge is 0.371 e. The molecular weight excluding hydrogens is 502 g/mol. The zero-order valence-electron chi connectivity index (χ0n) is 22.6. The van der Waals surface area contributed by atoms with E-state index < -0.39 is 29.8 Å². The smallest absolute Gasteiger partial charge is 0.242 e. The number of carbonyl (C=O) groups is 3. The molecule has 3 heterocycles. The molecule has 3 amide bonds. The third-order valence-electron chi connectivity index (χ3n) is 7.04. The highest BCUT2D eigenvalue weighted by molar-refractivity contribution is 7.07. The maximum atomic E-state index is 13.5. The molecule has 38 heavy (non-hydrogen) atoms. The van der Waals surface area contributed by atoms with Crippen molar-refractivity contribution in [3.8, 4) is 0 Å². The van der Waals surface area contributed by atoms with E-state index in [1.807, 2.05) is 53.8 Å². The predicted molar refractivity (Wildman–Crippen MR) is 150 cm³/mol. The highest BCUT2D eigenvalue weighted by Gasteiger charge is 2.39. The Bertz CT molecular complexity index is 1160. The van der Waals surface area contributed by atoms with Crippen LogP contribution >= 0.6 is 11.3 Å². The van der Waals surface area contributed by atoms with Gasteiger partial charge in [0.25, 0.3) is 0 Å². The Morgan fingerprint density at radius 1 is 1.26 bits per heavy atom. The van der Waals surface area contributed by atoms with Crippen molar-refractivity contribution in [2.75, 3.05) is 16.3 Å². The minimum Gasteiger partial charge on any atom is -0.371 e. The van der Waals surface area contributed by atoms with Crippen molar-refractivity contribution in [1.29, 1.82) is 0 Å². The standard InChI is InChI=1S/C28H39N5O4S/c1-17(2)13-20(31-27(37)28(3,4)29)25(35)30-21-14-19-7-5-8-22(32-11-6-9-23(32)34)24(19)33(26(21)36)15-18-10-12-38-16-18/h5,7-8,10,12,16-17,20-21,26,36H,6,9,11,13-15,29H2,1-4H3,(H,30,35)(H,31,37)/t20-,21?,26?/m1/s1. The quantitative estimate of drug-likeness (QED) is 0.386. The summed E-state index contributed by atoms with van der Waals surface area (Å²) in [6.07, 6.45) is 1.11. The molecule has 0 spiro atoms. The van der Waals surface area contributed by atoms with Crippen LogP contribution in [0.5, 0.6) is 0 Å². The van der Waals surface area contributed by atoms with Crippen LogP contribution in [0.25, 0.3) is 0 Å². The van der Waals surface area contributed by atoms with Crippen molar-refractivity contribution in [3.63, 3.8) is 0 Å². The predicted octanol–water partition coefficient (Wildman–Crippen LogP) is 2.51. The zero-order chi connectivity index (χ0) is 27.6. The molecule has 0 bridgehead atoms. The fourth-order valence-corrected chi connectivity index (χ4v) is 5.75. The first-order valence-corrected chi connectivity index (χ1v) is 14.2. The second kappa shape index (κ2) is 11.4. The average molecular weight is 542 g/mol. The maximum Gasteiger partial charge on any atom is 0.242 e. The molecule has 0 radical (unpaired) electrons. The summed E-state index contributed by atoms with van der Waals surface area (Å²) in [6, 6.07) is 6.44. The van der Waals surface area contributed by atoms with Crippen LogP contribution in [0, 0.1) is 5.92 Å². The van der Waals surface area contributed by atoms with Gasteiger partial charge in [0.1, 0.15) is 12.3 Å². The van der Waals surface area contributed by atoms with Crippen LogP contribution in [0.4, 0.5) is 11.4 Å². The van der Waals surface area contributed by atoms with Crippen LogP contribution in [0.2, 0.25) is 0 Å². The van der Waals surface area contributed by atoms with E-state index >= 15 is 0 Å². The Morgan fingerprint density at radius 3 is 2.63 bits per heavy atom. The molecule has 0 aliphatic carbocycles. The number of benzene rings is 1. The molecule has 1 saturated heterocycles. The van der Waals surface area contributed by atoms with E-state index in [1.54, 1.807) is 30.1 Å². The molecule has 10 heteroatoms. The molecule has 5 N–H and O–H groups in total. The van der Waals surface area contributed by atoms with Crippen molar-refractivity contribution < 1.29 is 19.5 Å². The number of anilines is 2. The Balaban J connectivity index is 1.64. The number of hydrogen-bond donors (Lipinski definition) is 4. The van der Waals surface area contributed by atoms with Crippen LogP contribution < -0.4 is 26.2 Å². The normalized spacial score (nSPS) is 20.4. The summed E-state index contributed by atoms with van der Waals surface area (Å²) in [6.45, 7) is 8.23. The molecule has 1 fully saturated rings. The van der Waals surface area contributed by atoms with Crippen LogP contribution in [0.1, 0.15) is 58.1 Å². The number of thiophene rings is 1. The van der Waals surface area contributed by atoms with Gasteiger partial charge in [-0.2, -0.15) is 11.3 Å². The van der Waals surface area contributed by atoms with Gasteiger partial charge in [-0.05, 0) is 73.0 Å². The van der Waals surface area contributed by atoms with Crippen molar-refractivity contribution in [1.82, 2.24) is 10.6 Å². The lowest BCUT2D eigenvalue weighted by atomic mass is 9.93. The van der Waals surface area contributed by atoms with Crippen molar-refractivity contribution in [2.45, 2.75) is 83.8 Å². The molecule has 2 unspecified atom stereocenters. The number of nitrogens with zero attached hydrogens (tertiary/aromatic N) is 2. The summed E-state index contributed by atoms with van der Waals surface area (Å²) in [5, 5.41) is 21.5. The lowest BCUT2D eigenvalue weighted by Gasteiger charge is -2.43. The molecular formula is C28H39N5O4S. The number of nitrogens with two attached hydrogens (primary N) is 1. The second-order valence-electron chi connectivity index (χ2n) is 11.3.